The van der Waals surface area contributed by atoms with Crippen LogP contribution in [-0.4, -0.2) is 41.7 Å². The van der Waals surface area contributed by atoms with E-state index in [9.17, 15) is 18.0 Å². The Bertz CT molecular complexity index is 1180. The van der Waals surface area contributed by atoms with Crippen LogP contribution in [0.2, 0.25) is 5.15 Å². The smallest absolute Gasteiger partial charge is 0.446 e. The summed E-state index contributed by atoms with van der Waals surface area (Å²) in [6.45, 7) is 0.105. The van der Waals surface area contributed by atoms with Gasteiger partial charge >= 0.3 is 5.51 Å². The largest absolute Gasteiger partial charge is 0.495 e. The number of carbonyl (C=O) groups excluding carboxylic acids is 1. The van der Waals surface area contributed by atoms with E-state index in [4.69, 9.17) is 16.3 Å². The lowest BCUT2D eigenvalue weighted by atomic mass is 10.1. The van der Waals surface area contributed by atoms with Crippen molar-refractivity contribution in [3.05, 3.63) is 52.8 Å². The molecule has 6 nitrogen and oxygen atoms in total. The monoisotopic (exact) mass is 468 g/mol. The van der Waals surface area contributed by atoms with Crippen molar-refractivity contribution in [3.63, 3.8) is 0 Å². The predicted molar refractivity (Wildman–Crippen MR) is 114 cm³/mol. The zero-order valence-corrected chi connectivity index (χ0v) is 17.9. The summed E-state index contributed by atoms with van der Waals surface area (Å²) in [6.07, 6.45) is 0. The number of nitrogens with one attached hydrogen (secondary N) is 2. The third kappa shape index (κ3) is 5.37. The second kappa shape index (κ2) is 9.41. The van der Waals surface area contributed by atoms with Crippen molar-refractivity contribution in [1.29, 1.82) is 0 Å². The van der Waals surface area contributed by atoms with Gasteiger partial charge in [0.25, 0.3) is 5.91 Å². The number of aromatic nitrogens is 2. The van der Waals surface area contributed by atoms with Gasteiger partial charge < -0.3 is 15.4 Å². The molecule has 0 fully saturated rings. The van der Waals surface area contributed by atoms with E-state index in [-0.39, 0.29) is 45.5 Å². The second-order valence-corrected chi connectivity index (χ2v) is 7.48. The molecule has 2 heterocycles. The molecule has 31 heavy (non-hydrogen) atoms. The molecule has 3 rings (SSSR count). The van der Waals surface area contributed by atoms with Crippen molar-refractivity contribution >= 4 is 40.5 Å². The number of halogens is 4. The number of rotatable bonds is 5. The van der Waals surface area contributed by atoms with Crippen LogP contribution in [0.4, 0.5) is 18.9 Å². The van der Waals surface area contributed by atoms with Gasteiger partial charge in [-0.2, -0.15) is 18.3 Å². The van der Waals surface area contributed by atoms with Crippen molar-refractivity contribution < 1.29 is 22.7 Å². The first kappa shape index (κ1) is 22.7. The van der Waals surface area contributed by atoms with Crippen LogP contribution in [0, 0.1) is 11.8 Å². The van der Waals surface area contributed by atoms with Crippen LogP contribution in [0.1, 0.15) is 16.1 Å². The highest BCUT2D eigenvalue weighted by Gasteiger charge is 2.32. The van der Waals surface area contributed by atoms with Gasteiger partial charge in [-0.25, -0.2) is 4.52 Å². The number of fused-ring (bicyclic) bond motifs is 1. The summed E-state index contributed by atoms with van der Waals surface area (Å²) in [6, 6.07) is 9.40. The first-order chi connectivity index (χ1) is 14.7. The zero-order valence-electron chi connectivity index (χ0n) is 16.3. The van der Waals surface area contributed by atoms with Crippen LogP contribution in [0.15, 0.2) is 41.3 Å². The van der Waals surface area contributed by atoms with Crippen molar-refractivity contribution in [3.8, 4) is 17.6 Å². The highest BCUT2D eigenvalue weighted by Crippen LogP contribution is 2.41. The average Bonchev–Trinajstić information content (AvgIpc) is 3.07. The number of pyridine rings is 1. The fourth-order valence-corrected chi connectivity index (χ4v) is 3.58. The van der Waals surface area contributed by atoms with Gasteiger partial charge in [0.1, 0.15) is 16.6 Å². The van der Waals surface area contributed by atoms with E-state index in [1.807, 2.05) is 0 Å². The molecule has 3 aromatic rings. The quantitative estimate of drug-likeness (QED) is 0.329. The van der Waals surface area contributed by atoms with Crippen LogP contribution in [-0.2, 0) is 0 Å². The number of anilines is 1. The molecule has 0 atom stereocenters. The Morgan fingerprint density at radius 1 is 1.32 bits per heavy atom. The minimum atomic E-state index is -4.50. The number of nitrogens with zero attached hydrogens (tertiary/aromatic N) is 2. The molecular formula is C20H16ClF3N4O2S. The van der Waals surface area contributed by atoms with E-state index in [0.717, 1.165) is 0 Å². The number of thioether (sulfide) groups is 1. The maximum Gasteiger partial charge on any atom is 0.446 e. The third-order valence-electron chi connectivity index (χ3n) is 4.05. The minimum Gasteiger partial charge on any atom is -0.495 e. The number of ether oxygens (including phenoxy) is 1. The molecule has 0 saturated carbocycles. The molecule has 2 N–H and O–H groups in total. The highest BCUT2D eigenvalue weighted by atomic mass is 35.5. The SMILES string of the molecule is CNC(=O)c1ccc(NCC#Cc2nn3c(Cl)cccc3c2SC(F)(F)F)c(OC)c1. The van der Waals surface area contributed by atoms with E-state index in [2.05, 4.69) is 27.6 Å². The van der Waals surface area contributed by atoms with Gasteiger partial charge in [-0.1, -0.05) is 23.6 Å². The van der Waals surface area contributed by atoms with Gasteiger partial charge in [0.2, 0.25) is 0 Å². The predicted octanol–water partition coefficient (Wildman–Crippen LogP) is 4.43. The van der Waals surface area contributed by atoms with Gasteiger partial charge in [-0.3, -0.25) is 4.79 Å². The number of carbonyl (C=O) groups is 1. The molecule has 0 aliphatic carbocycles. The Kier molecular flexibility index (Phi) is 6.87. The van der Waals surface area contributed by atoms with Crippen molar-refractivity contribution in [2.24, 2.45) is 0 Å². The van der Waals surface area contributed by atoms with Gasteiger partial charge in [0, 0.05) is 12.6 Å². The Balaban J connectivity index is 1.84. The molecule has 0 spiro atoms. The lowest BCUT2D eigenvalue weighted by Crippen LogP contribution is -2.17. The Labute approximate surface area is 185 Å². The zero-order chi connectivity index (χ0) is 22.6. The Morgan fingerprint density at radius 2 is 2.10 bits per heavy atom. The number of methoxy groups -OCH3 is 1. The molecule has 0 bridgehead atoms. The van der Waals surface area contributed by atoms with Gasteiger partial charge in [-0.15, -0.1) is 0 Å². The summed E-state index contributed by atoms with van der Waals surface area (Å²) in [5.41, 5.74) is -3.31. The normalized spacial score (nSPS) is 11.0. The van der Waals surface area contributed by atoms with Crippen LogP contribution in [0.3, 0.4) is 0 Å². The van der Waals surface area contributed by atoms with Crippen molar-refractivity contribution in [1.82, 2.24) is 14.9 Å². The minimum absolute atomic E-state index is 0.0286. The van der Waals surface area contributed by atoms with Crippen molar-refractivity contribution in [2.45, 2.75) is 10.4 Å². The molecule has 0 aliphatic rings. The topological polar surface area (TPSA) is 67.7 Å². The lowest BCUT2D eigenvalue weighted by molar-refractivity contribution is -0.0327. The van der Waals surface area contributed by atoms with Gasteiger partial charge in [0.15, 0.2) is 0 Å². The third-order valence-corrected chi connectivity index (χ3v) is 5.17. The fraction of sp³-hybridized carbons (Fsp3) is 0.200. The number of hydrogen-bond acceptors (Lipinski definition) is 5. The summed E-state index contributed by atoms with van der Waals surface area (Å²) in [5.74, 6) is 5.60. The van der Waals surface area contributed by atoms with Crippen LogP contribution in [0.25, 0.3) is 5.52 Å². The standard InChI is InChI=1S/C20H16ClF3N4O2S/c1-25-19(29)12-8-9-13(16(11-12)30-2)26-10-4-5-14-18(31-20(22,23)24)15-6-3-7-17(21)28(15)27-14/h3,6-9,11,26H,10H2,1-2H3,(H,25,29). The molecule has 0 aliphatic heterocycles. The molecular weight excluding hydrogens is 453 g/mol. The first-order valence-corrected chi connectivity index (χ1v) is 9.99. The van der Waals surface area contributed by atoms with Gasteiger partial charge in [-0.05, 0) is 48.0 Å². The van der Waals surface area contributed by atoms with Crippen LogP contribution < -0.4 is 15.4 Å². The number of alkyl halides is 3. The number of hydrogen-bond donors (Lipinski definition) is 2. The van der Waals surface area contributed by atoms with Gasteiger partial charge in [0.05, 0.1) is 29.8 Å². The van der Waals surface area contributed by atoms with Crippen LogP contribution in [0.5, 0.6) is 5.75 Å². The molecule has 1 aromatic carbocycles. The van der Waals surface area contributed by atoms with Crippen LogP contribution >= 0.6 is 23.4 Å². The maximum atomic E-state index is 13.0. The van der Waals surface area contributed by atoms with E-state index in [1.54, 1.807) is 24.3 Å². The molecule has 162 valence electrons. The second-order valence-electron chi connectivity index (χ2n) is 6.02. The van der Waals surface area contributed by atoms with E-state index < -0.39 is 5.51 Å². The molecule has 11 heteroatoms. The number of benzene rings is 1. The molecule has 0 unspecified atom stereocenters. The van der Waals surface area contributed by atoms with E-state index in [1.165, 1.54) is 30.8 Å². The Morgan fingerprint density at radius 3 is 2.77 bits per heavy atom. The lowest BCUT2D eigenvalue weighted by Gasteiger charge is -2.10. The maximum absolute atomic E-state index is 13.0. The number of amides is 1. The molecule has 0 radical (unpaired) electrons. The molecule has 0 saturated heterocycles. The highest BCUT2D eigenvalue weighted by molar-refractivity contribution is 8.00. The van der Waals surface area contributed by atoms with E-state index in [0.29, 0.717) is 17.0 Å². The van der Waals surface area contributed by atoms with E-state index >= 15 is 0 Å². The fourth-order valence-electron chi connectivity index (χ4n) is 2.70. The summed E-state index contributed by atoms with van der Waals surface area (Å²) < 4.78 is 45.6. The first-order valence-electron chi connectivity index (χ1n) is 8.79. The molecule has 1 amide bonds. The summed E-state index contributed by atoms with van der Waals surface area (Å²) >= 11 is 5.76. The summed E-state index contributed by atoms with van der Waals surface area (Å²) in [7, 11) is 2.98. The van der Waals surface area contributed by atoms with Crippen molar-refractivity contribution in [2.75, 3.05) is 26.0 Å². The Hall–Kier alpha value is -3.03. The average molecular weight is 469 g/mol. The summed E-state index contributed by atoms with van der Waals surface area (Å²) in [4.78, 5) is 11.6. The summed E-state index contributed by atoms with van der Waals surface area (Å²) in [5, 5.41) is 9.82. The molecule has 2 aromatic heterocycles.